The summed E-state index contributed by atoms with van der Waals surface area (Å²) in [6, 6.07) is 0. The molecule has 120 valence electrons. The minimum Gasteiger partial charge on any atom is -0.381 e. The van der Waals surface area contributed by atoms with Gasteiger partial charge in [-0.3, -0.25) is 0 Å². The van der Waals surface area contributed by atoms with Gasteiger partial charge in [0.15, 0.2) is 0 Å². The quantitative estimate of drug-likeness (QED) is 0.625. The predicted octanol–water partition coefficient (Wildman–Crippen LogP) is 5.43. The van der Waals surface area contributed by atoms with E-state index in [-0.39, 0.29) is 0 Å². The highest BCUT2D eigenvalue weighted by atomic mass is 16.5. The largest absolute Gasteiger partial charge is 0.381 e. The van der Waals surface area contributed by atoms with Crippen LogP contribution in [0.25, 0.3) is 0 Å². The summed E-state index contributed by atoms with van der Waals surface area (Å²) in [6.07, 6.45) is 15.3. The van der Waals surface area contributed by atoms with Crippen molar-refractivity contribution in [1.82, 2.24) is 0 Å². The van der Waals surface area contributed by atoms with Gasteiger partial charge in [-0.05, 0) is 79.4 Å². The Morgan fingerprint density at radius 3 is 2.43 bits per heavy atom. The van der Waals surface area contributed by atoms with Crippen molar-refractivity contribution < 1.29 is 4.74 Å². The lowest BCUT2D eigenvalue weighted by molar-refractivity contribution is -0.161. The molecule has 21 heavy (non-hydrogen) atoms. The highest BCUT2D eigenvalue weighted by Crippen LogP contribution is 2.66. The van der Waals surface area contributed by atoms with Crippen LogP contribution in [0.3, 0.4) is 0 Å². The van der Waals surface area contributed by atoms with Gasteiger partial charge >= 0.3 is 0 Å². The number of rotatable bonds is 1. The van der Waals surface area contributed by atoms with E-state index in [0.29, 0.717) is 16.9 Å². The topological polar surface area (TPSA) is 9.23 Å². The van der Waals surface area contributed by atoms with Gasteiger partial charge in [0.25, 0.3) is 0 Å². The summed E-state index contributed by atoms with van der Waals surface area (Å²) in [7, 11) is 1.98. The highest BCUT2D eigenvalue weighted by Gasteiger charge is 2.59. The third kappa shape index (κ3) is 1.98. The van der Waals surface area contributed by atoms with Gasteiger partial charge < -0.3 is 4.74 Å². The molecule has 0 bridgehead atoms. The fourth-order valence-corrected chi connectivity index (χ4v) is 7.58. The summed E-state index contributed by atoms with van der Waals surface area (Å²) < 4.78 is 6.06. The molecule has 4 saturated carbocycles. The van der Waals surface area contributed by atoms with Crippen molar-refractivity contribution >= 4 is 0 Å². The molecule has 7 atom stereocenters. The minimum absolute atomic E-state index is 0.555. The van der Waals surface area contributed by atoms with Crippen LogP contribution in [0.5, 0.6) is 0 Å². The van der Waals surface area contributed by atoms with E-state index in [9.17, 15) is 0 Å². The summed E-state index contributed by atoms with van der Waals surface area (Å²) in [4.78, 5) is 0. The van der Waals surface area contributed by atoms with E-state index in [2.05, 4.69) is 13.8 Å². The van der Waals surface area contributed by atoms with E-state index in [0.717, 1.165) is 23.7 Å². The molecule has 1 heteroatoms. The molecule has 4 aliphatic rings. The van der Waals surface area contributed by atoms with Crippen molar-refractivity contribution in [2.45, 2.75) is 84.2 Å². The molecule has 0 amide bonds. The monoisotopic (exact) mass is 290 g/mol. The maximum atomic E-state index is 6.06. The zero-order valence-electron chi connectivity index (χ0n) is 14.4. The lowest BCUT2D eigenvalue weighted by atomic mass is 9.45. The van der Waals surface area contributed by atoms with Crippen LogP contribution in [-0.2, 0) is 4.74 Å². The number of ether oxygens (including phenoxy) is 1. The molecule has 0 aromatic carbocycles. The van der Waals surface area contributed by atoms with Crippen molar-refractivity contribution in [3.63, 3.8) is 0 Å². The summed E-state index contributed by atoms with van der Waals surface area (Å²) in [5, 5.41) is 0. The van der Waals surface area contributed by atoms with Gasteiger partial charge in [-0.2, -0.15) is 0 Å². The standard InChI is InChI=1S/C20H34O/c1-19-10-6-8-15(19)14-13-18(21-3)17-7-4-5-11-20(17,2)16(14)9-12-19/h14-18H,4-13H2,1-3H3/t14-,15-,16+,17?,18?,19-,20+/m0/s1. The summed E-state index contributed by atoms with van der Waals surface area (Å²) >= 11 is 0. The van der Waals surface area contributed by atoms with Gasteiger partial charge in [-0.15, -0.1) is 0 Å². The molecular formula is C20H34O. The lowest BCUT2D eigenvalue weighted by Gasteiger charge is -2.61. The first-order chi connectivity index (χ1) is 10.1. The molecule has 0 saturated heterocycles. The van der Waals surface area contributed by atoms with Gasteiger partial charge in [0.05, 0.1) is 6.10 Å². The van der Waals surface area contributed by atoms with Crippen molar-refractivity contribution in [1.29, 1.82) is 0 Å². The van der Waals surface area contributed by atoms with Crippen LogP contribution in [0.4, 0.5) is 0 Å². The van der Waals surface area contributed by atoms with E-state index in [1.165, 1.54) is 64.2 Å². The predicted molar refractivity (Wildman–Crippen MR) is 87.1 cm³/mol. The Balaban J connectivity index is 1.68. The smallest absolute Gasteiger partial charge is 0.0607 e. The van der Waals surface area contributed by atoms with Crippen LogP contribution < -0.4 is 0 Å². The molecule has 0 radical (unpaired) electrons. The van der Waals surface area contributed by atoms with Crippen molar-refractivity contribution in [3.05, 3.63) is 0 Å². The first kappa shape index (κ1) is 14.5. The maximum Gasteiger partial charge on any atom is 0.0607 e. The van der Waals surface area contributed by atoms with Crippen LogP contribution in [-0.4, -0.2) is 13.2 Å². The van der Waals surface area contributed by atoms with Crippen LogP contribution in [0.2, 0.25) is 0 Å². The summed E-state index contributed by atoms with van der Waals surface area (Å²) in [5.74, 6) is 3.83. The van der Waals surface area contributed by atoms with Gasteiger partial charge in [-0.1, -0.05) is 33.1 Å². The number of hydrogen-bond donors (Lipinski definition) is 0. The second-order valence-electron chi connectivity index (χ2n) is 9.33. The Bertz CT molecular complexity index is 405. The fourth-order valence-electron chi connectivity index (χ4n) is 7.58. The van der Waals surface area contributed by atoms with Crippen LogP contribution in [0.15, 0.2) is 0 Å². The zero-order valence-corrected chi connectivity index (χ0v) is 14.4. The molecule has 2 unspecified atom stereocenters. The van der Waals surface area contributed by atoms with E-state index in [4.69, 9.17) is 4.74 Å². The normalized spacial score (nSPS) is 56.4. The van der Waals surface area contributed by atoms with E-state index in [1.54, 1.807) is 0 Å². The van der Waals surface area contributed by atoms with Gasteiger partial charge in [-0.25, -0.2) is 0 Å². The number of methoxy groups -OCH3 is 1. The third-order valence-electron chi connectivity index (χ3n) is 8.65. The highest BCUT2D eigenvalue weighted by molar-refractivity contribution is 5.08. The zero-order chi connectivity index (χ0) is 14.7. The molecule has 0 aliphatic heterocycles. The first-order valence-corrected chi connectivity index (χ1v) is 9.61. The van der Waals surface area contributed by atoms with Gasteiger partial charge in [0.2, 0.25) is 0 Å². The van der Waals surface area contributed by atoms with Crippen molar-refractivity contribution in [3.8, 4) is 0 Å². The van der Waals surface area contributed by atoms with E-state index in [1.807, 2.05) is 7.11 Å². The van der Waals surface area contributed by atoms with Crippen molar-refractivity contribution in [2.24, 2.45) is 34.5 Å². The number of hydrogen-bond acceptors (Lipinski definition) is 1. The van der Waals surface area contributed by atoms with E-state index < -0.39 is 0 Å². The summed E-state index contributed by atoms with van der Waals surface area (Å²) in [6.45, 7) is 5.26. The molecule has 0 aromatic heterocycles. The Morgan fingerprint density at radius 2 is 1.62 bits per heavy atom. The fraction of sp³-hybridized carbons (Fsp3) is 1.00. The van der Waals surface area contributed by atoms with Crippen molar-refractivity contribution in [2.75, 3.05) is 7.11 Å². The summed E-state index contributed by atoms with van der Waals surface area (Å²) in [5.41, 5.74) is 1.27. The molecule has 1 nitrogen and oxygen atoms in total. The maximum absolute atomic E-state index is 6.06. The molecule has 4 aliphatic carbocycles. The van der Waals surface area contributed by atoms with E-state index >= 15 is 0 Å². The molecular weight excluding hydrogens is 256 g/mol. The Kier molecular flexibility index (Phi) is 3.45. The van der Waals surface area contributed by atoms with Gasteiger partial charge in [0.1, 0.15) is 0 Å². The Labute approximate surface area is 131 Å². The SMILES string of the molecule is COC1C[C@@H]2[C@@H](CC[C@]3(C)CCC[C@@H]23)[C@@]2(C)CCCCC12. The molecule has 4 fully saturated rings. The molecule has 4 rings (SSSR count). The first-order valence-electron chi connectivity index (χ1n) is 9.61. The van der Waals surface area contributed by atoms with Gasteiger partial charge in [0, 0.05) is 7.11 Å². The second kappa shape index (κ2) is 4.98. The van der Waals surface area contributed by atoms with Crippen LogP contribution in [0, 0.1) is 34.5 Å². The van der Waals surface area contributed by atoms with Crippen LogP contribution in [0.1, 0.15) is 78.1 Å². The third-order valence-corrected chi connectivity index (χ3v) is 8.65. The second-order valence-corrected chi connectivity index (χ2v) is 9.33. The minimum atomic E-state index is 0.555. The molecule has 0 aromatic rings. The molecule has 0 spiro atoms. The average Bonchev–Trinajstić information content (AvgIpc) is 2.87. The number of fused-ring (bicyclic) bond motifs is 5. The van der Waals surface area contributed by atoms with Crippen LogP contribution >= 0.6 is 0 Å². The Hall–Kier alpha value is -0.0400. The molecule has 0 N–H and O–H groups in total. The Morgan fingerprint density at radius 1 is 0.810 bits per heavy atom. The average molecular weight is 290 g/mol. The lowest BCUT2D eigenvalue weighted by Crippen LogP contribution is -2.56. The molecule has 0 heterocycles.